The van der Waals surface area contributed by atoms with Gasteiger partial charge < -0.3 is 10.1 Å². The van der Waals surface area contributed by atoms with Crippen molar-refractivity contribution in [2.45, 2.75) is 13.1 Å². The van der Waals surface area contributed by atoms with E-state index in [2.05, 4.69) is 4.98 Å². The molecule has 1 heterocycles. The van der Waals surface area contributed by atoms with Gasteiger partial charge in [0.1, 0.15) is 5.69 Å². The Hall–Kier alpha value is -2.77. The highest BCUT2D eigenvalue weighted by Crippen LogP contribution is 2.39. The summed E-state index contributed by atoms with van der Waals surface area (Å²) in [5.74, 6) is -3.35. The van der Waals surface area contributed by atoms with Crippen LogP contribution in [0.1, 0.15) is 26.4 Å². The molecule has 0 aliphatic rings. The van der Waals surface area contributed by atoms with E-state index in [-0.39, 0.29) is 32.6 Å². The summed E-state index contributed by atoms with van der Waals surface area (Å²) in [5.41, 5.74) is 0.104. The van der Waals surface area contributed by atoms with E-state index in [0.29, 0.717) is 11.1 Å². The maximum absolute atomic E-state index is 13.0. The average molecular weight is 442 g/mol. The van der Waals surface area contributed by atoms with E-state index in [9.17, 15) is 27.9 Å². The van der Waals surface area contributed by atoms with Crippen molar-refractivity contribution in [1.29, 1.82) is 0 Å². The standard InChI is InChI=1S/C20H12Cl2F3NO3/c1-9-15(10-6-11(21)8-12(22)7-10)17(19(28)29)26-16(9)13-4-2-3-5-14(13)18(27)20(23,24)25/h2-8,26H,1H3,(H,28,29). The quantitative estimate of drug-likeness (QED) is 0.459. The number of alkyl halides is 3. The first-order valence-corrected chi connectivity index (χ1v) is 8.89. The lowest BCUT2D eigenvalue weighted by atomic mass is 9.95. The lowest BCUT2D eigenvalue weighted by Gasteiger charge is -2.11. The van der Waals surface area contributed by atoms with Gasteiger partial charge in [0, 0.05) is 26.7 Å². The summed E-state index contributed by atoms with van der Waals surface area (Å²) in [7, 11) is 0. The number of carboxylic acids is 1. The third-order valence-electron chi connectivity index (χ3n) is 4.31. The Balaban J connectivity index is 2.30. The second kappa shape index (κ2) is 7.57. The number of hydrogen-bond donors (Lipinski definition) is 2. The van der Waals surface area contributed by atoms with Crippen molar-refractivity contribution in [3.8, 4) is 22.4 Å². The molecule has 1 aromatic heterocycles. The number of nitrogens with one attached hydrogen (secondary N) is 1. The van der Waals surface area contributed by atoms with Crippen molar-refractivity contribution in [1.82, 2.24) is 4.98 Å². The zero-order valence-electron chi connectivity index (χ0n) is 14.7. The van der Waals surface area contributed by atoms with E-state index in [0.717, 1.165) is 6.07 Å². The van der Waals surface area contributed by atoms with Crippen molar-refractivity contribution in [3.05, 3.63) is 69.3 Å². The van der Waals surface area contributed by atoms with Crippen LogP contribution in [0.2, 0.25) is 10.0 Å². The summed E-state index contributed by atoms with van der Waals surface area (Å²) in [6.45, 7) is 1.54. The van der Waals surface area contributed by atoms with Crippen LogP contribution in [0.15, 0.2) is 42.5 Å². The number of aromatic carboxylic acids is 1. The smallest absolute Gasteiger partial charge is 0.454 e. The summed E-state index contributed by atoms with van der Waals surface area (Å²) in [5, 5.41) is 10.1. The molecule has 0 saturated carbocycles. The van der Waals surface area contributed by atoms with Gasteiger partial charge in [-0.25, -0.2) is 4.79 Å². The molecule has 29 heavy (non-hydrogen) atoms. The Morgan fingerprint density at radius 2 is 1.62 bits per heavy atom. The van der Waals surface area contributed by atoms with Crippen LogP contribution in [0, 0.1) is 6.92 Å². The van der Waals surface area contributed by atoms with Crippen LogP contribution in [0.4, 0.5) is 13.2 Å². The van der Waals surface area contributed by atoms with Crippen molar-refractivity contribution in [2.24, 2.45) is 0 Å². The number of ketones is 1. The fourth-order valence-electron chi connectivity index (χ4n) is 3.13. The number of carbonyl (C=O) groups is 2. The molecule has 0 radical (unpaired) electrons. The second-order valence-electron chi connectivity index (χ2n) is 6.21. The van der Waals surface area contributed by atoms with Gasteiger partial charge in [-0.2, -0.15) is 13.2 Å². The molecule has 2 aromatic carbocycles. The molecule has 0 bridgehead atoms. The summed E-state index contributed by atoms with van der Waals surface area (Å²) in [6, 6.07) is 9.57. The number of rotatable bonds is 4. The van der Waals surface area contributed by atoms with E-state index in [1.54, 1.807) is 0 Å². The molecule has 0 aliphatic carbocycles. The largest absolute Gasteiger partial charge is 0.477 e. The molecule has 9 heteroatoms. The zero-order valence-corrected chi connectivity index (χ0v) is 16.2. The van der Waals surface area contributed by atoms with E-state index >= 15 is 0 Å². The first-order valence-electron chi connectivity index (χ1n) is 8.14. The van der Waals surface area contributed by atoms with E-state index in [1.165, 1.54) is 43.3 Å². The number of H-pyrrole nitrogens is 1. The van der Waals surface area contributed by atoms with Crippen LogP contribution < -0.4 is 0 Å². The Morgan fingerprint density at radius 3 is 2.17 bits per heavy atom. The zero-order chi connectivity index (χ0) is 21.5. The first-order chi connectivity index (χ1) is 13.5. The molecule has 150 valence electrons. The van der Waals surface area contributed by atoms with Crippen LogP contribution in [0.3, 0.4) is 0 Å². The highest BCUT2D eigenvalue weighted by Gasteiger charge is 2.40. The Kier molecular flexibility index (Phi) is 5.47. The van der Waals surface area contributed by atoms with E-state index in [4.69, 9.17) is 23.2 Å². The van der Waals surface area contributed by atoms with Crippen molar-refractivity contribution >= 4 is 35.0 Å². The van der Waals surface area contributed by atoms with Gasteiger partial charge in [-0.1, -0.05) is 47.5 Å². The summed E-state index contributed by atoms with van der Waals surface area (Å²) in [6.07, 6.45) is -5.07. The summed E-state index contributed by atoms with van der Waals surface area (Å²) >= 11 is 12.0. The number of carbonyl (C=O) groups excluding carboxylic acids is 1. The van der Waals surface area contributed by atoms with E-state index in [1.807, 2.05) is 0 Å². The lowest BCUT2D eigenvalue weighted by molar-refractivity contribution is -0.0884. The molecule has 0 atom stereocenters. The molecule has 0 spiro atoms. The molecule has 3 aromatic rings. The van der Waals surface area contributed by atoms with Gasteiger partial charge in [0.2, 0.25) is 0 Å². The molecule has 0 saturated heterocycles. The predicted molar refractivity (Wildman–Crippen MR) is 104 cm³/mol. The minimum Gasteiger partial charge on any atom is -0.477 e. The van der Waals surface area contributed by atoms with Gasteiger partial charge in [0.25, 0.3) is 5.78 Å². The minimum atomic E-state index is -5.07. The topological polar surface area (TPSA) is 70.2 Å². The fraction of sp³-hybridized carbons (Fsp3) is 0.100. The minimum absolute atomic E-state index is 0.0609. The second-order valence-corrected chi connectivity index (χ2v) is 7.08. The van der Waals surface area contributed by atoms with Gasteiger partial charge in [0.15, 0.2) is 0 Å². The number of benzene rings is 2. The summed E-state index contributed by atoms with van der Waals surface area (Å²) < 4.78 is 39.0. The fourth-order valence-corrected chi connectivity index (χ4v) is 3.66. The molecule has 0 amide bonds. The van der Waals surface area contributed by atoms with Crippen LogP contribution in [0.5, 0.6) is 0 Å². The number of Topliss-reactive ketones (excluding diaryl/α,β-unsaturated/α-hetero) is 1. The van der Waals surface area contributed by atoms with Crippen LogP contribution in [0.25, 0.3) is 22.4 Å². The number of aromatic amines is 1. The van der Waals surface area contributed by atoms with Crippen molar-refractivity contribution in [2.75, 3.05) is 0 Å². The van der Waals surface area contributed by atoms with Gasteiger partial charge in [-0.3, -0.25) is 4.79 Å². The normalized spacial score (nSPS) is 11.5. The third kappa shape index (κ3) is 4.02. The number of carboxylic acid groups (broad SMARTS) is 1. The lowest BCUT2D eigenvalue weighted by Crippen LogP contribution is -2.23. The maximum Gasteiger partial charge on any atom is 0.454 e. The maximum atomic E-state index is 13.0. The molecule has 0 aliphatic heterocycles. The van der Waals surface area contributed by atoms with Gasteiger partial charge in [-0.05, 0) is 36.2 Å². The number of halogens is 5. The Labute approximate surface area is 172 Å². The van der Waals surface area contributed by atoms with Crippen LogP contribution in [-0.4, -0.2) is 28.0 Å². The molecule has 0 unspecified atom stereocenters. The molecule has 2 N–H and O–H groups in total. The summed E-state index contributed by atoms with van der Waals surface area (Å²) in [4.78, 5) is 26.3. The van der Waals surface area contributed by atoms with Gasteiger partial charge in [0.05, 0.1) is 5.69 Å². The monoisotopic (exact) mass is 441 g/mol. The van der Waals surface area contributed by atoms with E-state index < -0.39 is 23.5 Å². The molecule has 3 rings (SSSR count). The predicted octanol–water partition coefficient (Wildman–Crippen LogP) is 6.41. The van der Waals surface area contributed by atoms with Gasteiger partial charge in [-0.15, -0.1) is 0 Å². The average Bonchev–Trinajstić information content (AvgIpc) is 2.97. The molecular formula is C20H12Cl2F3NO3. The third-order valence-corrected chi connectivity index (χ3v) is 4.75. The molecule has 0 fully saturated rings. The highest BCUT2D eigenvalue weighted by molar-refractivity contribution is 6.35. The first kappa shape index (κ1) is 21.0. The Morgan fingerprint density at radius 1 is 1.03 bits per heavy atom. The van der Waals surface area contributed by atoms with Gasteiger partial charge >= 0.3 is 12.1 Å². The Bertz CT molecular complexity index is 1120. The van der Waals surface area contributed by atoms with Crippen molar-refractivity contribution in [3.63, 3.8) is 0 Å². The number of aromatic nitrogens is 1. The van der Waals surface area contributed by atoms with Crippen molar-refractivity contribution < 1.29 is 27.9 Å². The SMILES string of the molecule is Cc1c(-c2ccccc2C(=O)C(F)(F)F)[nH]c(C(=O)O)c1-c1cc(Cl)cc(Cl)c1. The molecule has 4 nitrogen and oxygen atoms in total. The number of hydrogen-bond acceptors (Lipinski definition) is 2. The van der Waals surface area contributed by atoms with Crippen LogP contribution in [-0.2, 0) is 0 Å². The van der Waals surface area contributed by atoms with Crippen LogP contribution >= 0.6 is 23.2 Å². The highest BCUT2D eigenvalue weighted by atomic mass is 35.5. The molecular weight excluding hydrogens is 430 g/mol.